The lowest BCUT2D eigenvalue weighted by Crippen LogP contribution is -2.28. The Labute approximate surface area is 157 Å². The Bertz CT molecular complexity index is 884. The van der Waals surface area contributed by atoms with E-state index in [0.29, 0.717) is 0 Å². The summed E-state index contributed by atoms with van der Waals surface area (Å²) in [4.78, 5) is 3.76. The van der Waals surface area contributed by atoms with Crippen molar-refractivity contribution in [1.29, 1.82) is 0 Å². The number of alkyl halides is 3. The highest BCUT2D eigenvalue weighted by Crippen LogP contribution is 2.29. The number of nitrogens with two attached hydrogens (primary N) is 1. The molecular formula is C15H16F3N3O4S2. The predicted octanol–water partition coefficient (Wildman–Crippen LogP) is 2.21. The lowest BCUT2D eigenvalue weighted by atomic mass is 10.3. The van der Waals surface area contributed by atoms with Gasteiger partial charge in [0.15, 0.2) is 21.5 Å². The van der Waals surface area contributed by atoms with Crippen LogP contribution >= 0.6 is 11.3 Å². The smallest absolute Gasteiger partial charge is 0.404 e. The highest BCUT2D eigenvalue weighted by molar-refractivity contribution is 7.93. The Balaban J connectivity index is 1.98. The van der Waals surface area contributed by atoms with Gasteiger partial charge in [-0.2, -0.15) is 0 Å². The Morgan fingerprint density at radius 3 is 2.63 bits per heavy atom. The van der Waals surface area contributed by atoms with Crippen LogP contribution in [0.15, 0.2) is 51.0 Å². The summed E-state index contributed by atoms with van der Waals surface area (Å²) in [6.45, 7) is -0.355. The summed E-state index contributed by atoms with van der Waals surface area (Å²) in [5.41, 5.74) is 5.50. The first-order chi connectivity index (χ1) is 12.6. The van der Waals surface area contributed by atoms with Crippen LogP contribution in [-0.4, -0.2) is 44.2 Å². The molecule has 0 spiro atoms. The van der Waals surface area contributed by atoms with E-state index in [9.17, 15) is 26.7 Å². The molecule has 27 heavy (non-hydrogen) atoms. The molecule has 148 valence electrons. The third-order valence-corrected chi connectivity index (χ3v) is 6.35. The number of nitrogens with one attached hydrogen (secondary N) is 1. The van der Waals surface area contributed by atoms with Gasteiger partial charge in [0.05, 0.1) is 24.1 Å². The maximum Gasteiger partial charge on any atom is 0.573 e. The van der Waals surface area contributed by atoms with Crippen LogP contribution in [0.2, 0.25) is 0 Å². The molecule has 4 N–H and O–H groups in total. The molecule has 1 aromatic carbocycles. The summed E-state index contributed by atoms with van der Waals surface area (Å²) < 4.78 is 65.2. The van der Waals surface area contributed by atoms with E-state index >= 15 is 0 Å². The van der Waals surface area contributed by atoms with Crippen LogP contribution < -0.4 is 15.8 Å². The fraction of sp³-hybridized carbons (Fsp3) is 0.267. The molecule has 0 bridgehead atoms. The standard InChI is InChI=1S/C15H16F3N3O4S2/c16-15(17,18)25-12-5-2-1-4-11(12)21-14(19)20-8-10(22)9-27(23,24)13-6-3-7-26-13/h1-7,10,22H,8-9H2,(H3,19,20,21). The predicted molar refractivity (Wildman–Crippen MR) is 95.6 cm³/mol. The number of ether oxygens (including phenoxy) is 1. The lowest BCUT2D eigenvalue weighted by molar-refractivity contribution is -0.274. The fourth-order valence-electron chi connectivity index (χ4n) is 1.99. The molecule has 1 atom stereocenters. The van der Waals surface area contributed by atoms with Crippen LogP contribution in [0.1, 0.15) is 0 Å². The summed E-state index contributed by atoms with van der Waals surface area (Å²) in [6, 6.07) is 8.18. The quantitative estimate of drug-likeness (QED) is 0.465. The molecule has 1 heterocycles. The number of hydrogen-bond acceptors (Lipinski definition) is 6. The minimum Gasteiger partial charge on any atom is -0.404 e. The van der Waals surface area contributed by atoms with Crippen molar-refractivity contribution in [2.24, 2.45) is 10.7 Å². The van der Waals surface area contributed by atoms with Crippen molar-refractivity contribution in [3.05, 3.63) is 41.8 Å². The first-order valence-electron chi connectivity index (χ1n) is 7.43. The zero-order valence-electron chi connectivity index (χ0n) is 13.7. The SMILES string of the molecule is NC(=NCC(O)CS(=O)(=O)c1cccs1)Nc1ccccc1OC(F)(F)F. The van der Waals surface area contributed by atoms with E-state index in [4.69, 9.17) is 5.73 Å². The molecular weight excluding hydrogens is 407 g/mol. The lowest BCUT2D eigenvalue weighted by Gasteiger charge is -2.14. The number of anilines is 1. The molecule has 2 aromatic rings. The van der Waals surface area contributed by atoms with E-state index in [-0.39, 0.29) is 22.4 Å². The highest BCUT2D eigenvalue weighted by Gasteiger charge is 2.32. The third kappa shape index (κ3) is 6.73. The zero-order chi connectivity index (χ0) is 20.1. The normalized spacial score (nSPS) is 14.0. The van der Waals surface area contributed by atoms with E-state index in [1.165, 1.54) is 24.3 Å². The number of halogens is 3. The molecule has 12 heteroatoms. The number of guanidine groups is 1. The maximum atomic E-state index is 12.4. The van der Waals surface area contributed by atoms with E-state index in [1.807, 2.05) is 0 Å². The molecule has 0 aliphatic heterocycles. The average Bonchev–Trinajstić information content (AvgIpc) is 3.08. The molecule has 1 aromatic heterocycles. The second-order valence-electron chi connectivity index (χ2n) is 5.26. The van der Waals surface area contributed by atoms with E-state index in [2.05, 4.69) is 15.0 Å². The monoisotopic (exact) mass is 423 g/mol. The van der Waals surface area contributed by atoms with Gasteiger partial charge in [0.25, 0.3) is 0 Å². The van der Waals surface area contributed by atoms with Gasteiger partial charge in [-0.1, -0.05) is 18.2 Å². The molecule has 0 saturated carbocycles. The van der Waals surface area contributed by atoms with Gasteiger partial charge >= 0.3 is 6.36 Å². The Hall–Kier alpha value is -2.31. The molecule has 0 aliphatic carbocycles. The fourth-order valence-corrected chi connectivity index (χ4v) is 4.46. The molecule has 0 fully saturated rings. The van der Waals surface area contributed by atoms with Gasteiger partial charge in [-0.15, -0.1) is 24.5 Å². The van der Waals surface area contributed by atoms with Crippen LogP contribution in [0.3, 0.4) is 0 Å². The van der Waals surface area contributed by atoms with Gasteiger partial charge in [0, 0.05) is 0 Å². The van der Waals surface area contributed by atoms with Gasteiger partial charge < -0.3 is 20.9 Å². The Kier molecular flexibility index (Phi) is 6.68. The van der Waals surface area contributed by atoms with Crippen LogP contribution in [0.25, 0.3) is 0 Å². The number of aliphatic hydroxyl groups excluding tert-OH is 1. The number of benzene rings is 1. The van der Waals surface area contributed by atoms with Crippen LogP contribution in [-0.2, 0) is 9.84 Å². The summed E-state index contributed by atoms with van der Waals surface area (Å²) >= 11 is 1.03. The van der Waals surface area contributed by atoms with E-state index < -0.39 is 33.8 Å². The first kappa shape index (κ1) is 21.0. The van der Waals surface area contributed by atoms with Crippen molar-refractivity contribution in [3.8, 4) is 5.75 Å². The highest BCUT2D eigenvalue weighted by atomic mass is 32.2. The second-order valence-corrected chi connectivity index (χ2v) is 8.47. The molecule has 0 saturated heterocycles. The van der Waals surface area contributed by atoms with Gasteiger partial charge in [0.2, 0.25) is 0 Å². The van der Waals surface area contributed by atoms with Crippen LogP contribution in [0, 0.1) is 0 Å². The number of sulfone groups is 1. The number of nitrogens with zero attached hydrogens (tertiary/aromatic N) is 1. The third-order valence-electron chi connectivity index (χ3n) is 3.06. The van der Waals surface area contributed by atoms with Gasteiger partial charge in [-0.25, -0.2) is 8.42 Å². The van der Waals surface area contributed by atoms with Gasteiger partial charge in [-0.3, -0.25) is 4.99 Å². The zero-order valence-corrected chi connectivity index (χ0v) is 15.3. The molecule has 0 amide bonds. The number of aliphatic imine (C=N–C) groups is 1. The van der Waals surface area contributed by atoms with Crippen LogP contribution in [0.5, 0.6) is 5.75 Å². The van der Waals surface area contributed by atoms with Crippen molar-refractivity contribution in [3.63, 3.8) is 0 Å². The number of aliphatic hydroxyl groups is 1. The molecule has 0 radical (unpaired) electrons. The summed E-state index contributed by atoms with van der Waals surface area (Å²) in [6.07, 6.45) is -6.21. The average molecular weight is 423 g/mol. The van der Waals surface area contributed by atoms with Crippen molar-refractivity contribution >= 4 is 32.8 Å². The number of hydrogen-bond donors (Lipinski definition) is 3. The van der Waals surface area contributed by atoms with E-state index in [0.717, 1.165) is 17.4 Å². The number of para-hydroxylation sites is 2. The van der Waals surface area contributed by atoms with Crippen molar-refractivity contribution in [1.82, 2.24) is 0 Å². The summed E-state index contributed by atoms with van der Waals surface area (Å²) in [5, 5.41) is 13.9. The Morgan fingerprint density at radius 2 is 2.00 bits per heavy atom. The van der Waals surface area contributed by atoms with E-state index in [1.54, 1.807) is 11.4 Å². The first-order valence-corrected chi connectivity index (χ1v) is 9.96. The van der Waals surface area contributed by atoms with Crippen molar-refractivity contribution in [2.45, 2.75) is 16.7 Å². The molecule has 1 unspecified atom stereocenters. The Morgan fingerprint density at radius 1 is 1.30 bits per heavy atom. The van der Waals surface area contributed by atoms with Gasteiger partial charge in [-0.05, 0) is 23.6 Å². The summed E-state index contributed by atoms with van der Waals surface area (Å²) in [5.74, 6) is -1.37. The van der Waals surface area contributed by atoms with Crippen LogP contribution in [0.4, 0.5) is 18.9 Å². The molecule has 0 aliphatic rings. The minimum atomic E-state index is -4.88. The van der Waals surface area contributed by atoms with Crippen molar-refractivity contribution < 1.29 is 31.4 Å². The largest absolute Gasteiger partial charge is 0.573 e. The van der Waals surface area contributed by atoms with Gasteiger partial charge in [0.1, 0.15) is 4.21 Å². The van der Waals surface area contributed by atoms with Crippen molar-refractivity contribution in [2.75, 3.05) is 17.6 Å². The minimum absolute atomic E-state index is 0.0863. The number of rotatable bonds is 7. The second kappa shape index (κ2) is 8.59. The molecule has 2 rings (SSSR count). The summed E-state index contributed by atoms with van der Waals surface area (Å²) in [7, 11) is -3.66. The number of thiophene rings is 1. The topological polar surface area (TPSA) is 114 Å². The molecule has 7 nitrogen and oxygen atoms in total. The maximum absolute atomic E-state index is 12.4.